The van der Waals surface area contributed by atoms with E-state index in [0.29, 0.717) is 16.5 Å². The Kier molecular flexibility index (Phi) is 3.76. The highest BCUT2D eigenvalue weighted by atomic mass is 35.5. The van der Waals surface area contributed by atoms with Gasteiger partial charge in [0, 0.05) is 5.41 Å². The van der Waals surface area contributed by atoms with Gasteiger partial charge in [-0.15, -0.1) is 0 Å². The minimum atomic E-state index is -0.387. The molecule has 0 radical (unpaired) electrons. The van der Waals surface area contributed by atoms with Crippen molar-refractivity contribution >= 4 is 23.2 Å². The Morgan fingerprint density at radius 1 is 1.00 bits per heavy atom. The second-order valence-corrected chi connectivity index (χ2v) is 6.30. The van der Waals surface area contributed by atoms with Gasteiger partial charge in [-0.1, -0.05) is 59.6 Å². The third-order valence-corrected chi connectivity index (χ3v) is 4.93. The van der Waals surface area contributed by atoms with Crippen molar-refractivity contribution in [2.24, 2.45) is 0 Å². The van der Waals surface area contributed by atoms with Gasteiger partial charge in [-0.05, 0) is 42.5 Å². The van der Waals surface area contributed by atoms with Crippen molar-refractivity contribution in [3.8, 4) is 0 Å². The molecule has 1 aliphatic carbocycles. The van der Waals surface area contributed by atoms with Crippen molar-refractivity contribution < 1.29 is 5.11 Å². The summed E-state index contributed by atoms with van der Waals surface area (Å²) in [5, 5.41) is 11.7. The molecule has 1 aliphatic rings. The van der Waals surface area contributed by atoms with Crippen molar-refractivity contribution in [3.05, 3.63) is 69.7 Å². The number of benzene rings is 2. The summed E-state index contributed by atoms with van der Waals surface area (Å²) in [6.07, 6.45) is 2.30. The fourth-order valence-corrected chi connectivity index (χ4v) is 3.12. The van der Waals surface area contributed by atoms with Crippen LogP contribution in [-0.4, -0.2) is 11.2 Å². The van der Waals surface area contributed by atoms with Gasteiger partial charge in [0.25, 0.3) is 0 Å². The molecule has 1 N–H and O–H groups in total. The molecule has 0 saturated heterocycles. The van der Waals surface area contributed by atoms with E-state index in [0.717, 1.165) is 18.4 Å². The Labute approximate surface area is 129 Å². The van der Waals surface area contributed by atoms with Gasteiger partial charge < -0.3 is 5.11 Å². The Morgan fingerprint density at radius 3 is 2.30 bits per heavy atom. The molecule has 0 aromatic heterocycles. The lowest BCUT2D eigenvalue weighted by atomic mass is 9.86. The molecule has 0 spiro atoms. The standard InChI is InChI=1S/C17H16Cl2O/c18-14-7-6-12(10-15(14)19)11-16(20)17(8-9-17)13-4-2-1-3-5-13/h1-7,10,16,20H,8-9,11H2. The summed E-state index contributed by atoms with van der Waals surface area (Å²) in [6, 6.07) is 15.8. The number of aliphatic hydroxyl groups excluding tert-OH is 1. The zero-order chi connectivity index (χ0) is 14.2. The lowest BCUT2D eigenvalue weighted by molar-refractivity contribution is 0.131. The van der Waals surface area contributed by atoms with E-state index in [1.54, 1.807) is 6.07 Å². The van der Waals surface area contributed by atoms with Crippen molar-refractivity contribution in [3.63, 3.8) is 0 Å². The summed E-state index contributed by atoms with van der Waals surface area (Å²) in [4.78, 5) is 0. The van der Waals surface area contributed by atoms with Gasteiger partial charge in [0.1, 0.15) is 0 Å². The van der Waals surface area contributed by atoms with E-state index in [1.807, 2.05) is 30.3 Å². The third kappa shape index (κ3) is 2.58. The van der Waals surface area contributed by atoms with Crippen molar-refractivity contribution in [2.75, 3.05) is 0 Å². The van der Waals surface area contributed by atoms with Crippen LogP contribution in [0.1, 0.15) is 24.0 Å². The summed E-state index contributed by atoms with van der Waals surface area (Å²) in [5.41, 5.74) is 2.18. The Bertz CT molecular complexity index is 606. The van der Waals surface area contributed by atoms with Crippen LogP contribution in [0, 0.1) is 0 Å². The molecule has 1 saturated carbocycles. The predicted molar refractivity (Wildman–Crippen MR) is 83.5 cm³/mol. The van der Waals surface area contributed by atoms with E-state index in [1.165, 1.54) is 5.56 Å². The molecule has 0 bridgehead atoms. The number of aliphatic hydroxyl groups is 1. The lowest BCUT2D eigenvalue weighted by Crippen LogP contribution is -2.28. The molecule has 1 nitrogen and oxygen atoms in total. The highest BCUT2D eigenvalue weighted by Crippen LogP contribution is 2.51. The molecule has 2 aromatic rings. The van der Waals surface area contributed by atoms with E-state index < -0.39 is 0 Å². The first kappa shape index (κ1) is 13.9. The van der Waals surface area contributed by atoms with Crippen LogP contribution < -0.4 is 0 Å². The first-order valence-electron chi connectivity index (χ1n) is 6.79. The Balaban J connectivity index is 1.79. The van der Waals surface area contributed by atoms with Crippen LogP contribution in [0.25, 0.3) is 0 Å². The van der Waals surface area contributed by atoms with E-state index in [-0.39, 0.29) is 11.5 Å². The summed E-state index contributed by atoms with van der Waals surface area (Å²) in [5.74, 6) is 0. The lowest BCUT2D eigenvalue weighted by Gasteiger charge is -2.23. The maximum Gasteiger partial charge on any atom is 0.0677 e. The average molecular weight is 307 g/mol. The summed E-state index contributed by atoms with van der Waals surface area (Å²) >= 11 is 12.0. The molecule has 0 heterocycles. The molecule has 1 unspecified atom stereocenters. The van der Waals surface area contributed by atoms with Gasteiger partial charge in [0.05, 0.1) is 16.1 Å². The first-order chi connectivity index (χ1) is 9.62. The molecule has 2 aromatic carbocycles. The molecular weight excluding hydrogens is 291 g/mol. The summed E-state index contributed by atoms with van der Waals surface area (Å²) in [6.45, 7) is 0. The monoisotopic (exact) mass is 306 g/mol. The van der Waals surface area contributed by atoms with Crippen LogP contribution in [-0.2, 0) is 11.8 Å². The van der Waals surface area contributed by atoms with E-state index in [4.69, 9.17) is 23.2 Å². The van der Waals surface area contributed by atoms with Crippen LogP contribution in [0.5, 0.6) is 0 Å². The number of hydrogen-bond donors (Lipinski definition) is 1. The highest BCUT2D eigenvalue weighted by molar-refractivity contribution is 6.42. The van der Waals surface area contributed by atoms with Crippen LogP contribution >= 0.6 is 23.2 Å². The van der Waals surface area contributed by atoms with Crippen LogP contribution in [0.3, 0.4) is 0 Å². The van der Waals surface area contributed by atoms with Gasteiger partial charge in [0.15, 0.2) is 0 Å². The SMILES string of the molecule is OC(Cc1ccc(Cl)c(Cl)c1)C1(c2ccccc2)CC1. The van der Waals surface area contributed by atoms with Crippen LogP contribution in [0.15, 0.2) is 48.5 Å². The molecule has 104 valence electrons. The summed E-state index contributed by atoms with van der Waals surface area (Å²) < 4.78 is 0. The van der Waals surface area contributed by atoms with Gasteiger partial charge in [0.2, 0.25) is 0 Å². The smallest absolute Gasteiger partial charge is 0.0677 e. The molecule has 1 atom stereocenters. The fraction of sp³-hybridized carbons (Fsp3) is 0.294. The third-order valence-electron chi connectivity index (χ3n) is 4.19. The molecule has 1 fully saturated rings. The van der Waals surface area contributed by atoms with E-state index in [9.17, 15) is 5.11 Å². The zero-order valence-electron chi connectivity index (χ0n) is 11.0. The topological polar surface area (TPSA) is 20.2 Å². The van der Waals surface area contributed by atoms with Gasteiger partial charge >= 0.3 is 0 Å². The van der Waals surface area contributed by atoms with E-state index in [2.05, 4.69) is 12.1 Å². The van der Waals surface area contributed by atoms with Gasteiger partial charge in [-0.2, -0.15) is 0 Å². The van der Waals surface area contributed by atoms with Crippen molar-refractivity contribution in [1.82, 2.24) is 0 Å². The molecule has 3 rings (SSSR count). The quantitative estimate of drug-likeness (QED) is 0.873. The molecule has 20 heavy (non-hydrogen) atoms. The fourth-order valence-electron chi connectivity index (χ4n) is 2.80. The van der Waals surface area contributed by atoms with Crippen molar-refractivity contribution in [2.45, 2.75) is 30.8 Å². The maximum atomic E-state index is 10.6. The predicted octanol–water partition coefficient (Wildman–Crippen LogP) is 4.63. The van der Waals surface area contributed by atoms with E-state index >= 15 is 0 Å². The second-order valence-electron chi connectivity index (χ2n) is 5.49. The zero-order valence-corrected chi connectivity index (χ0v) is 12.5. The minimum absolute atomic E-state index is 0.0760. The number of halogens is 2. The maximum absolute atomic E-state index is 10.6. The summed E-state index contributed by atoms with van der Waals surface area (Å²) in [7, 11) is 0. The average Bonchev–Trinajstić information content (AvgIpc) is 3.26. The second kappa shape index (κ2) is 5.40. The molecule has 3 heteroatoms. The molecule has 0 amide bonds. The largest absolute Gasteiger partial charge is 0.392 e. The van der Waals surface area contributed by atoms with Gasteiger partial charge in [-0.25, -0.2) is 0 Å². The Hall–Kier alpha value is -1.02. The highest BCUT2D eigenvalue weighted by Gasteiger charge is 2.49. The Morgan fingerprint density at radius 2 is 1.70 bits per heavy atom. The minimum Gasteiger partial charge on any atom is -0.392 e. The number of rotatable bonds is 4. The normalized spacial score (nSPS) is 17.8. The van der Waals surface area contributed by atoms with Crippen molar-refractivity contribution in [1.29, 1.82) is 0 Å². The number of hydrogen-bond acceptors (Lipinski definition) is 1. The molecular formula is C17H16Cl2O. The van der Waals surface area contributed by atoms with Crippen LogP contribution in [0.4, 0.5) is 0 Å². The van der Waals surface area contributed by atoms with Crippen LogP contribution in [0.2, 0.25) is 10.0 Å². The van der Waals surface area contributed by atoms with Gasteiger partial charge in [-0.3, -0.25) is 0 Å². The first-order valence-corrected chi connectivity index (χ1v) is 7.55. The molecule has 0 aliphatic heterocycles.